The Balaban J connectivity index is 1.54. The predicted octanol–water partition coefficient (Wildman–Crippen LogP) is 2.30. The number of rotatable bonds is 4. The molecule has 0 aromatic carbocycles. The lowest BCUT2D eigenvalue weighted by atomic mass is 9.77. The third-order valence-electron chi connectivity index (χ3n) is 5.98. The zero-order valence-electron chi connectivity index (χ0n) is 14.6. The Kier molecular flexibility index (Phi) is 3.94. The topological polar surface area (TPSA) is 55.8 Å². The van der Waals surface area contributed by atoms with Gasteiger partial charge in [-0.25, -0.2) is 0 Å². The van der Waals surface area contributed by atoms with Crippen LogP contribution in [0.4, 0.5) is 0 Å². The molecule has 4 atom stereocenters. The van der Waals surface area contributed by atoms with Crippen molar-refractivity contribution in [2.75, 3.05) is 13.2 Å². The number of likely N-dealkylation sites (tertiary alicyclic amines) is 1. The van der Waals surface area contributed by atoms with E-state index in [9.17, 15) is 9.59 Å². The van der Waals surface area contributed by atoms with Crippen molar-refractivity contribution in [3.05, 3.63) is 12.2 Å². The first kappa shape index (κ1) is 16.1. The SMILES string of the molecule is CC(C)COC(=O)[C@H]1[C@H]2C=C[C@@]3(CN(C4CCCCC4)C(=O)[C@@H]13)O2. The first-order chi connectivity index (χ1) is 11.5. The van der Waals surface area contributed by atoms with Gasteiger partial charge in [0.05, 0.1) is 25.2 Å². The quantitative estimate of drug-likeness (QED) is 0.585. The highest BCUT2D eigenvalue weighted by molar-refractivity contribution is 5.91. The molecule has 2 bridgehead atoms. The van der Waals surface area contributed by atoms with Crippen LogP contribution in [0.25, 0.3) is 0 Å². The van der Waals surface area contributed by atoms with Crippen molar-refractivity contribution >= 4 is 11.9 Å². The molecule has 4 rings (SSSR count). The highest BCUT2D eigenvalue weighted by atomic mass is 16.6. The third-order valence-corrected chi connectivity index (χ3v) is 5.98. The van der Waals surface area contributed by atoms with E-state index in [1.807, 2.05) is 30.9 Å². The van der Waals surface area contributed by atoms with Crippen LogP contribution in [0.1, 0.15) is 46.0 Å². The molecule has 5 nitrogen and oxygen atoms in total. The second kappa shape index (κ2) is 5.87. The number of amides is 1. The monoisotopic (exact) mass is 333 g/mol. The van der Waals surface area contributed by atoms with E-state index in [1.165, 1.54) is 19.3 Å². The molecule has 0 unspecified atom stereocenters. The fourth-order valence-electron chi connectivity index (χ4n) is 4.84. The van der Waals surface area contributed by atoms with E-state index in [2.05, 4.69) is 0 Å². The molecular formula is C19H27NO4. The molecule has 0 aromatic heterocycles. The molecule has 4 aliphatic rings. The summed E-state index contributed by atoms with van der Waals surface area (Å²) in [6.07, 6.45) is 9.46. The summed E-state index contributed by atoms with van der Waals surface area (Å²) in [4.78, 5) is 27.7. The molecule has 132 valence electrons. The smallest absolute Gasteiger partial charge is 0.312 e. The molecule has 1 amide bonds. The van der Waals surface area contributed by atoms with E-state index in [0.29, 0.717) is 19.2 Å². The summed E-state index contributed by atoms with van der Waals surface area (Å²) < 4.78 is 11.6. The minimum absolute atomic E-state index is 0.0975. The van der Waals surface area contributed by atoms with Gasteiger partial charge in [-0.1, -0.05) is 45.3 Å². The normalized spacial score (nSPS) is 38.2. The Morgan fingerprint density at radius 2 is 2.12 bits per heavy atom. The van der Waals surface area contributed by atoms with E-state index < -0.39 is 17.4 Å². The summed E-state index contributed by atoms with van der Waals surface area (Å²) in [6, 6.07) is 0.314. The Labute approximate surface area is 143 Å². The van der Waals surface area contributed by atoms with E-state index in [4.69, 9.17) is 9.47 Å². The van der Waals surface area contributed by atoms with Crippen molar-refractivity contribution < 1.29 is 19.1 Å². The minimum Gasteiger partial charge on any atom is -0.465 e. The van der Waals surface area contributed by atoms with Crippen molar-refractivity contribution in [3.8, 4) is 0 Å². The van der Waals surface area contributed by atoms with Crippen molar-refractivity contribution in [1.29, 1.82) is 0 Å². The van der Waals surface area contributed by atoms with Crippen LogP contribution in [-0.4, -0.2) is 47.7 Å². The molecule has 3 heterocycles. The minimum atomic E-state index is -0.597. The average Bonchev–Trinajstić information content (AvgIpc) is 3.22. The summed E-state index contributed by atoms with van der Waals surface area (Å²) >= 11 is 0. The van der Waals surface area contributed by atoms with Crippen LogP contribution in [0.5, 0.6) is 0 Å². The maximum atomic E-state index is 13.1. The predicted molar refractivity (Wildman–Crippen MR) is 88.1 cm³/mol. The summed E-state index contributed by atoms with van der Waals surface area (Å²) in [5.41, 5.74) is -0.597. The Morgan fingerprint density at radius 1 is 1.38 bits per heavy atom. The number of hydrogen-bond acceptors (Lipinski definition) is 4. The molecule has 2 saturated heterocycles. The standard InChI is InChI=1S/C19H27NO4/c1-12(2)10-23-18(22)15-14-8-9-19(24-14)11-20(17(21)16(15)19)13-6-4-3-5-7-13/h8-9,12-16H,3-7,10-11H2,1-2H3/t14-,15+,16-,19+/m1/s1. The lowest BCUT2D eigenvalue weighted by Gasteiger charge is -2.32. The Hall–Kier alpha value is -1.36. The van der Waals surface area contributed by atoms with Crippen molar-refractivity contribution in [3.63, 3.8) is 0 Å². The largest absolute Gasteiger partial charge is 0.465 e. The van der Waals surface area contributed by atoms with E-state index in [0.717, 1.165) is 12.8 Å². The van der Waals surface area contributed by atoms with Crippen LogP contribution < -0.4 is 0 Å². The molecule has 3 aliphatic heterocycles. The van der Waals surface area contributed by atoms with Gasteiger partial charge >= 0.3 is 5.97 Å². The number of fused-ring (bicyclic) bond motifs is 1. The molecule has 1 spiro atoms. The van der Waals surface area contributed by atoms with E-state index in [1.54, 1.807) is 0 Å². The van der Waals surface area contributed by atoms with Gasteiger partial charge in [0.25, 0.3) is 0 Å². The lowest BCUT2D eigenvalue weighted by molar-refractivity contribution is -0.155. The molecular weight excluding hydrogens is 306 g/mol. The van der Waals surface area contributed by atoms with Gasteiger partial charge in [-0.3, -0.25) is 9.59 Å². The lowest BCUT2D eigenvalue weighted by Crippen LogP contribution is -2.42. The highest BCUT2D eigenvalue weighted by Gasteiger charge is 2.67. The second-order valence-electron chi connectivity index (χ2n) is 8.18. The maximum Gasteiger partial charge on any atom is 0.312 e. The average molecular weight is 333 g/mol. The number of esters is 1. The second-order valence-corrected chi connectivity index (χ2v) is 8.18. The van der Waals surface area contributed by atoms with Crippen molar-refractivity contribution in [2.24, 2.45) is 17.8 Å². The summed E-state index contributed by atoms with van der Waals surface area (Å²) in [5.74, 6) is -0.760. The van der Waals surface area contributed by atoms with Gasteiger partial charge in [0.1, 0.15) is 11.5 Å². The zero-order chi connectivity index (χ0) is 16.9. The summed E-state index contributed by atoms with van der Waals surface area (Å²) in [7, 11) is 0. The molecule has 0 aromatic rings. The van der Waals surface area contributed by atoms with Gasteiger partial charge in [-0.2, -0.15) is 0 Å². The Morgan fingerprint density at radius 3 is 2.83 bits per heavy atom. The molecule has 0 radical (unpaired) electrons. The van der Waals surface area contributed by atoms with Crippen LogP contribution in [0, 0.1) is 17.8 Å². The summed E-state index contributed by atoms with van der Waals surface area (Å²) in [6.45, 7) is 5.02. The number of hydrogen-bond donors (Lipinski definition) is 0. The number of ether oxygens (including phenoxy) is 2. The number of carbonyl (C=O) groups is 2. The first-order valence-corrected chi connectivity index (χ1v) is 9.36. The molecule has 24 heavy (non-hydrogen) atoms. The first-order valence-electron chi connectivity index (χ1n) is 9.36. The van der Waals surface area contributed by atoms with Gasteiger partial charge in [-0.05, 0) is 18.8 Å². The molecule has 0 N–H and O–H groups in total. The molecule has 3 fully saturated rings. The Bertz CT molecular complexity index is 566. The van der Waals surface area contributed by atoms with Gasteiger partial charge in [0.15, 0.2) is 0 Å². The fourth-order valence-corrected chi connectivity index (χ4v) is 4.84. The molecule has 1 saturated carbocycles. The fraction of sp³-hybridized carbons (Fsp3) is 0.789. The van der Waals surface area contributed by atoms with Crippen LogP contribution in [0.2, 0.25) is 0 Å². The number of nitrogens with zero attached hydrogens (tertiary/aromatic N) is 1. The van der Waals surface area contributed by atoms with Crippen LogP contribution in [0.15, 0.2) is 12.2 Å². The maximum absolute atomic E-state index is 13.1. The van der Waals surface area contributed by atoms with Gasteiger partial charge in [0, 0.05) is 6.04 Å². The van der Waals surface area contributed by atoms with Gasteiger partial charge in [-0.15, -0.1) is 0 Å². The van der Waals surface area contributed by atoms with Crippen molar-refractivity contribution in [1.82, 2.24) is 4.90 Å². The van der Waals surface area contributed by atoms with Crippen LogP contribution >= 0.6 is 0 Å². The van der Waals surface area contributed by atoms with Crippen LogP contribution in [-0.2, 0) is 19.1 Å². The van der Waals surface area contributed by atoms with E-state index >= 15 is 0 Å². The highest BCUT2D eigenvalue weighted by Crippen LogP contribution is 2.53. The van der Waals surface area contributed by atoms with Gasteiger partial charge in [0.2, 0.25) is 5.91 Å². The zero-order valence-corrected chi connectivity index (χ0v) is 14.6. The van der Waals surface area contributed by atoms with Crippen molar-refractivity contribution in [2.45, 2.75) is 63.7 Å². The third kappa shape index (κ3) is 2.40. The van der Waals surface area contributed by atoms with Crippen LogP contribution in [0.3, 0.4) is 0 Å². The molecule has 1 aliphatic carbocycles. The van der Waals surface area contributed by atoms with E-state index in [-0.39, 0.29) is 23.9 Å². The number of carbonyl (C=O) groups excluding carboxylic acids is 2. The molecule has 5 heteroatoms. The van der Waals surface area contributed by atoms with Gasteiger partial charge < -0.3 is 14.4 Å². The summed E-state index contributed by atoms with van der Waals surface area (Å²) in [5, 5.41) is 0.